The van der Waals surface area contributed by atoms with Gasteiger partial charge in [-0.3, -0.25) is 9.79 Å². The molecule has 0 aromatic rings. The molecule has 19 heavy (non-hydrogen) atoms. The molecule has 0 unspecified atom stereocenters. The summed E-state index contributed by atoms with van der Waals surface area (Å²) in [6.45, 7) is 3.91. The van der Waals surface area contributed by atoms with Crippen molar-refractivity contribution >= 4 is 22.8 Å². The fourth-order valence-electron chi connectivity index (χ4n) is 2.10. The van der Waals surface area contributed by atoms with Gasteiger partial charge in [0.1, 0.15) is 24.2 Å². The third kappa shape index (κ3) is 4.35. The lowest BCUT2D eigenvalue weighted by Gasteiger charge is -2.25. The van der Waals surface area contributed by atoms with Crippen LogP contribution in [-0.4, -0.2) is 35.2 Å². The molecule has 106 valence electrons. The Balaban J connectivity index is 1.78. The van der Waals surface area contributed by atoms with Crippen molar-refractivity contribution in [2.75, 3.05) is 6.61 Å². The molecule has 2 rings (SSSR count). The Morgan fingerprint density at radius 1 is 1.47 bits per heavy atom. The summed E-state index contributed by atoms with van der Waals surface area (Å²) in [5.41, 5.74) is 0.0576. The summed E-state index contributed by atoms with van der Waals surface area (Å²) in [6.07, 6.45) is 8.61. The van der Waals surface area contributed by atoms with Crippen LogP contribution in [0.3, 0.4) is 0 Å². The first-order chi connectivity index (χ1) is 9.19. The van der Waals surface area contributed by atoms with Crippen LogP contribution in [0.5, 0.6) is 0 Å². The van der Waals surface area contributed by atoms with Gasteiger partial charge in [0, 0.05) is 6.92 Å². The first kappa shape index (κ1) is 14.6. The highest BCUT2D eigenvalue weighted by atomic mass is 32.2. The van der Waals surface area contributed by atoms with E-state index in [-0.39, 0.29) is 23.6 Å². The number of hydrogen-bond donors (Lipinski definition) is 0. The number of aliphatic imine (C=N–C) groups is 1. The average molecular weight is 283 g/mol. The minimum atomic E-state index is -0.269. The lowest BCUT2D eigenvalue weighted by Crippen LogP contribution is -2.32. The van der Waals surface area contributed by atoms with E-state index in [0.29, 0.717) is 6.61 Å². The molecule has 0 saturated heterocycles. The highest BCUT2D eigenvalue weighted by Gasteiger charge is 2.33. The van der Waals surface area contributed by atoms with E-state index in [9.17, 15) is 4.79 Å². The van der Waals surface area contributed by atoms with Crippen LogP contribution in [0.2, 0.25) is 0 Å². The van der Waals surface area contributed by atoms with Crippen molar-refractivity contribution in [3.05, 3.63) is 12.2 Å². The zero-order valence-electron chi connectivity index (χ0n) is 11.5. The number of esters is 1. The number of thioether (sulfide) groups is 1. The predicted octanol–water partition coefficient (Wildman–Crippen LogP) is 2.92. The predicted molar refractivity (Wildman–Crippen MR) is 77.4 cm³/mol. The fraction of sp³-hybridized carbons (Fsp3) is 0.714. The van der Waals surface area contributed by atoms with E-state index in [1.807, 2.05) is 6.08 Å². The number of fused-ring (bicyclic) bond motifs is 1. The minimum absolute atomic E-state index is 0.0576. The monoisotopic (exact) mass is 283 g/mol. The van der Waals surface area contributed by atoms with Crippen LogP contribution in [0.25, 0.3) is 0 Å². The summed E-state index contributed by atoms with van der Waals surface area (Å²) in [5.74, 6) is -0.269. The highest BCUT2D eigenvalue weighted by Crippen LogP contribution is 2.34. The van der Waals surface area contributed by atoms with E-state index in [0.717, 1.165) is 6.42 Å². The van der Waals surface area contributed by atoms with Crippen LogP contribution in [-0.2, 0) is 14.3 Å². The maximum atomic E-state index is 10.8. The molecule has 0 aliphatic carbocycles. The van der Waals surface area contributed by atoms with Gasteiger partial charge in [-0.05, 0) is 12.8 Å². The van der Waals surface area contributed by atoms with E-state index in [4.69, 9.17) is 9.47 Å². The molecule has 2 aliphatic rings. The Morgan fingerprint density at radius 2 is 2.32 bits per heavy atom. The molecule has 2 heterocycles. The summed E-state index contributed by atoms with van der Waals surface area (Å²) in [6, 6.07) is 0.134. The number of rotatable bonds is 6. The van der Waals surface area contributed by atoms with E-state index in [1.165, 1.54) is 31.2 Å². The van der Waals surface area contributed by atoms with Gasteiger partial charge < -0.3 is 9.47 Å². The molecule has 0 saturated carbocycles. The second-order valence-electron chi connectivity index (χ2n) is 4.82. The molecule has 2 aliphatic heterocycles. The number of nitrogens with zero attached hydrogens (tertiary/aromatic N) is 1. The Kier molecular flexibility index (Phi) is 5.45. The normalized spacial score (nSPS) is 28.9. The lowest BCUT2D eigenvalue weighted by molar-refractivity contribution is -0.144. The van der Waals surface area contributed by atoms with Crippen LogP contribution in [0.1, 0.15) is 39.5 Å². The maximum absolute atomic E-state index is 10.8. The standard InChI is InChI=1S/C14H21NO3S/c1-3-4-5-6-13-15-12-8-7-11(9-17-10(2)16)18-14(12)19-13/h7-8,11-12,14H,3-6,9H2,1-2H3/t11-,12-,14-/m1/s1. The van der Waals surface area contributed by atoms with Gasteiger partial charge in [0.05, 0.1) is 5.04 Å². The number of carbonyl (C=O) groups is 1. The largest absolute Gasteiger partial charge is 0.463 e. The second-order valence-corrected chi connectivity index (χ2v) is 5.99. The molecule has 0 bridgehead atoms. The maximum Gasteiger partial charge on any atom is 0.302 e. The van der Waals surface area contributed by atoms with E-state index < -0.39 is 0 Å². The summed E-state index contributed by atoms with van der Waals surface area (Å²) < 4.78 is 10.9. The summed E-state index contributed by atoms with van der Waals surface area (Å²) in [5, 5.41) is 1.20. The van der Waals surface area contributed by atoms with E-state index >= 15 is 0 Å². The summed E-state index contributed by atoms with van der Waals surface area (Å²) in [4.78, 5) is 15.5. The van der Waals surface area contributed by atoms with Crippen LogP contribution >= 0.6 is 11.8 Å². The second kappa shape index (κ2) is 7.10. The molecule has 0 radical (unpaired) electrons. The molecule has 0 fully saturated rings. The van der Waals surface area contributed by atoms with Crippen LogP contribution in [0.15, 0.2) is 17.1 Å². The van der Waals surface area contributed by atoms with Gasteiger partial charge >= 0.3 is 5.97 Å². The SMILES string of the molecule is CCCCCC1=N[C@@H]2C=C[C@H](COC(C)=O)O[C@@H]2S1. The van der Waals surface area contributed by atoms with E-state index in [2.05, 4.69) is 18.0 Å². The third-order valence-electron chi connectivity index (χ3n) is 3.10. The van der Waals surface area contributed by atoms with Crippen molar-refractivity contribution < 1.29 is 14.3 Å². The minimum Gasteiger partial charge on any atom is -0.463 e. The molecule has 0 N–H and O–H groups in total. The highest BCUT2D eigenvalue weighted by molar-refractivity contribution is 8.14. The molecule has 0 aromatic heterocycles. The number of hydrogen-bond acceptors (Lipinski definition) is 5. The molecule has 4 nitrogen and oxygen atoms in total. The van der Waals surface area contributed by atoms with Crippen molar-refractivity contribution in [1.29, 1.82) is 0 Å². The topological polar surface area (TPSA) is 47.9 Å². The van der Waals surface area contributed by atoms with Gasteiger partial charge in [-0.25, -0.2) is 0 Å². The van der Waals surface area contributed by atoms with Crippen molar-refractivity contribution in [3.8, 4) is 0 Å². The van der Waals surface area contributed by atoms with Gasteiger partial charge in [-0.1, -0.05) is 43.7 Å². The van der Waals surface area contributed by atoms with Crippen molar-refractivity contribution in [2.45, 2.75) is 57.1 Å². The fourth-order valence-corrected chi connectivity index (χ4v) is 3.31. The quantitative estimate of drug-likeness (QED) is 0.427. The number of unbranched alkanes of at least 4 members (excludes halogenated alkanes) is 2. The molecule has 0 spiro atoms. The van der Waals surface area contributed by atoms with Gasteiger partial charge in [-0.2, -0.15) is 0 Å². The molecule has 0 aromatic carbocycles. The first-order valence-corrected chi connectivity index (χ1v) is 7.77. The first-order valence-electron chi connectivity index (χ1n) is 6.89. The smallest absolute Gasteiger partial charge is 0.302 e. The van der Waals surface area contributed by atoms with Crippen LogP contribution in [0, 0.1) is 0 Å². The molecular weight excluding hydrogens is 262 g/mol. The molecule has 3 atom stereocenters. The van der Waals surface area contributed by atoms with E-state index in [1.54, 1.807) is 11.8 Å². The molecular formula is C14H21NO3S. The Labute approximate surface area is 118 Å². The summed E-state index contributed by atoms with van der Waals surface area (Å²) >= 11 is 1.72. The van der Waals surface area contributed by atoms with Crippen molar-refractivity contribution in [1.82, 2.24) is 0 Å². The zero-order chi connectivity index (χ0) is 13.7. The average Bonchev–Trinajstić information content (AvgIpc) is 2.78. The zero-order valence-corrected chi connectivity index (χ0v) is 12.3. The van der Waals surface area contributed by atoms with Gasteiger partial charge in [-0.15, -0.1) is 0 Å². The molecule has 5 heteroatoms. The summed E-state index contributed by atoms with van der Waals surface area (Å²) in [7, 11) is 0. The Hall–Kier alpha value is -0.810. The Bertz CT molecular complexity index is 381. The van der Waals surface area contributed by atoms with Gasteiger partial charge in [0.2, 0.25) is 0 Å². The van der Waals surface area contributed by atoms with Crippen molar-refractivity contribution in [3.63, 3.8) is 0 Å². The molecule has 0 amide bonds. The lowest BCUT2D eigenvalue weighted by atomic mass is 10.2. The number of ether oxygens (including phenoxy) is 2. The number of carbonyl (C=O) groups excluding carboxylic acids is 1. The van der Waals surface area contributed by atoms with Gasteiger partial charge in [0.25, 0.3) is 0 Å². The van der Waals surface area contributed by atoms with Gasteiger partial charge in [0.15, 0.2) is 0 Å². The van der Waals surface area contributed by atoms with Crippen LogP contribution in [0.4, 0.5) is 0 Å². The third-order valence-corrected chi connectivity index (χ3v) is 4.30. The van der Waals surface area contributed by atoms with Crippen LogP contribution < -0.4 is 0 Å². The Morgan fingerprint density at radius 3 is 3.05 bits per heavy atom. The van der Waals surface area contributed by atoms with Crippen molar-refractivity contribution in [2.24, 2.45) is 4.99 Å².